The van der Waals surface area contributed by atoms with Crippen LogP contribution >= 0.6 is 11.8 Å². The van der Waals surface area contributed by atoms with E-state index in [0.717, 1.165) is 5.56 Å². The SMILES string of the molecule is CCOC(=O)/C(SC)=C(\C)N=Cc1ccccc1. The summed E-state index contributed by atoms with van der Waals surface area (Å²) < 4.78 is 4.98. The fourth-order valence-corrected chi connectivity index (χ4v) is 1.92. The number of esters is 1. The van der Waals surface area contributed by atoms with Gasteiger partial charge < -0.3 is 4.74 Å². The van der Waals surface area contributed by atoms with Crippen LogP contribution in [0.4, 0.5) is 0 Å². The molecule has 0 N–H and O–H groups in total. The van der Waals surface area contributed by atoms with E-state index in [1.165, 1.54) is 11.8 Å². The van der Waals surface area contributed by atoms with E-state index in [9.17, 15) is 4.79 Å². The lowest BCUT2D eigenvalue weighted by atomic mass is 10.2. The number of hydrogen-bond donors (Lipinski definition) is 0. The lowest BCUT2D eigenvalue weighted by Crippen LogP contribution is -2.06. The van der Waals surface area contributed by atoms with Gasteiger partial charge in [0.15, 0.2) is 0 Å². The van der Waals surface area contributed by atoms with E-state index in [1.807, 2.05) is 43.5 Å². The second-order valence-electron chi connectivity index (χ2n) is 3.51. The third-order valence-electron chi connectivity index (χ3n) is 2.20. The molecule has 0 heterocycles. The molecule has 0 saturated heterocycles. The molecule has 0 amide bonds. The summed E-state index contributed by atoms with van der Waals surface area (Å²) in [6.45, 7) is 3.97. The second kappa shape index (κ2) is 7.71. The molecular formula is C14H17NO2S. The van der Waals surface area contributed by atoms with E-state index in [0.29, 0.717) is 17.2 Å². The average Bonchev–Trinajstić information content (AvgIpc) is 2.39. The fourth-order valence-electron chi connectivity index (χ4n) is 1.34. The average molecular weight is 263 g/mol. The van der Waals surface area contributed by atoms with Crippen molar-refractivity contribution in [2.45, 2.75) is 13.8 Å². The highest BCUT2D eigenvalue weighted by Gasteiger charge is 2.12. The Balaban J connectivity index is 2.86. The Morgan fingerprint density at radius 2 is 2.06 bits per heavy atom. The highest BCUT2D eigenvalue weighted by Crippen LogP contribution is 2.19. The Hall–Kier alpha value is -1.55. The summed E-state index contributed by atoms with van der Waals surface area (Å²) in [7, 11) is 0. The molecule has 0 fully saturated rings. The maximum Gasteiger partial charge on any atom is 0.346 e. The van der Waals surface area contributed by atoms with E-state index < -0.39 is 0 Å². The van der Waals surface area contributed by atoms with Crippen LogP contribution in [0.25, 0.3) is 0 Å². The van der Waals surface area contributed by atoms with Gasteiger partial charge in [-0.25, -0.2) is 4.79 Å². The van der Waals surface area contributed by atoms with Gasteiger partial charge in [0.05, 0.1) is 12.3 Å². The largest absolute Gasteiger partial charge is 0.462 e. The minimum Gasteiger partial charge on any atom is -0.462 e. The number of benzene rings is 1. The molecule has 0 aliphatic rings. The molecule has 18 heavy (non-hydrogen) atoms. The Morgan fingerprint density at radius 1 is 1.39 bits per heavy atom. The fraction of sp³-hybridized carbons (Fsp3) is 0.286. The minimum absolute atomic E-state index is 0.312. The third kappa shape index (κ3) is 4.37. The monoisotopic (exact) mass is 263 g/mol. The first-order valence-electron chi connectivity index (χ1n) is 5.70. The van der Waals surface area contributed by atoms with Gasteiger partial charge in [-0.05, 0) is 25.7 Å². The number of nitrogens with zero attached hydrogens (tertiary/aromatic N) is 1. The molecule has 1 rings (SSSR count). The smallest absolute Gasteiger partial charge is 0.346 e. The summed E-state index contributed by atoms with van der Waals surface area (Å²) in [5, 5.41) is 0. The van der Waals surface area contributed by atoms with Crippen LogP contribution in [0.15, 0.2) is 45.9 Å². The van der Waals surface area contributed by atoms with Crippen molar-refractivity contribution in [2.75, 3.05) is 12.9 Å². The summed E-state index contributed by atoms with van der Waals surface area (Å²) >= 11 is 1.35. The summed E-state index contributed by atoms with van der Waals surface area (Å²) in [6.07, 6.45) is 3.58. The third-order valence-corrected chi connectivity index (χ3v) is 3.07. The standard InChI is InChI=1S/C14H17NO2S/c1-4-17-14(16)13(18-3)11(2)15-10-12-8-6-5-7-9-12/h5-10H,4H2,1-3H3/b13-11-,15-10?. The number of carbonyl (C=O) groups is 1. The molecule has 0 radical (unpaired) electrons. The molecule has 0 aliphatic heterocycles. The molecule has 0 unspecified atom stereocenters. The molecule has 0 aliphatic carbocycles. The van der Waals surface area contributed by atoms with E-state index in [1.54, 1.807) is 13.1 Å². The quantitative estimate of drug-likeness (QED) is 0.465. The van der Waals surface area contributed by atoms with Crippen molar-refractivity contribution in [1.82, 2.24) is 0 Å². The van der Waals surface area contributed by atoms with Gasteiger partial charge in [-0.2, -0.15) is 0 Å². The molecule has 3 nitrogen and oxygen atoms in total. The number of carbonyl (C=O) groups excluding carboxylic acids is 1. The van der Waals surface area contributed by atoms with E-state index in [2.05, 4.69) is 4.99 Å². The zero-order valence-electron chi connectivity index (χ0n) is 10.8. The van der Waals surface area contributed by atoms with E-state index >= 15 is 0 Å². The van der Waals surface area contributed by atoms with Crippen LogP contribution < -0.4 is 0 Å². The number of rotatable bonds is 5. The van der Waals surface area contributed by atoms with Gasteiger partial charge in [-0.3, -0.25) is 4.99 Å². The molecule has 0 bridgehead atoms. The van der Waals surface area contributed by atoms with Crippen molar-refractivity contribution in [1.29, 1.82) is 0 Å². The topological polar surface area (TPSA) is 38.7 Å². The van der Waals surface area contributed by atoms with Gasteiger partial charge in [0.1, 0.15) is 4.91 Å². The van der Waals surface area contributed by atoms with Crippen molar-refractivity contribution in [3.8, 4) is 0 Å². The van der Waals surface area contributed by atoms with Crippen LogP contribution in [0.1, 0.15) is 19.4 Å². The zero-order valence-corrected chi connectivity index (χ0v) is 11.7. The summed E-state index contributed by atoms with van der Waals surface area (Å²) in [5.74, 6) is -0.312. The molecule has 4 heteroatoms. The molecule has 1 aromatic rings. The molecule has 1 aromatic carbocycles. The van der Waals surface area contributed by atoms with E-state index in [-0.39, 0.29) is 5.97 Å². The van der Waals surface area contributed by atoms with Crippen LogP contribution in [0.5, 0.6) is 0 Å². The molecule has 0 spiro atoms. The lowest BCUT2D eigenvalue weighted by Gasteiger charge is -2.05. The second-order valence-corrected chi connectivity index (χ2v) is 4.32. The Labute approximate surface area is 112 Å². The molecule has 96 valence electrons. The van der Waals surface area contributed by atoms with Gasteiger partial charge in [0, 0.05) is 6.21 Å². The van der Waals surface area contributed by atoms with Crippen molar-refractivity contribution < 1.29 is 9.53 Å². The highest BCUT2D eigenvalue weighted by atomic mass is 32.2. The molecular weight excluding hydrogens is 246 g/mol. The number of hydrogen-bond acceptors (Lipinski definition) is 4. The Kier molecular flexibility index (Phi) is 6.22. The summed E-state index contributed by atoms with van der Waals surface area (Å²) in [6, 6.07) is 9.76. The van der Waals surface area contributed by atoms with Crippen LogP contribution in [-0.4, -0.2) is 25.0 Å². The summed E-state index contributed by atoms with van der Waals surface area (Å²) in [5.41, 5.74) is 1.67. The van der Waals surface area contributed by atoms with Crippen molar-refractivity contribution in [3.63, 3.8) is 0 Å². The van der Waals surface area contributed by atoms with Crippen LogP contribution in [0, 0.1) is 0 Å². The molecule has 0 saturated carbocycles. The van der Waals surface area contributed by atoms with Gasteiger partial charge in [-0.15, -0.1) is 11.8 Å². The van der Waals surface area contributed by atoms with Gasteiger partial charge in [0.25, 0.3) is 0 Å². The first-order valence-corrected chi connectivity index (χ1v) is 6.92. The minimum atomic E-state index is -0.312. The van der Waals surface area contributed by atoms with Gasteiger partial charge >= 0.3 is 5.97 Å². The lowest BCUT2D eigenvalue weighted by molar-refractivity contribution is -0.137. The zero-order chi connectivity index (χ0) is 13.4. The van der Waals surface area contributed by atoms with Gasteiger partial charge in [-0.1, -0.05) is 30.3 Å². The van der Waals surface area contributed by atoms with Crippen molar-refractivity contribution in [3.05, 3.63) is 46.5 Å². The molecule has 0 atom stereocenters. The van der Waals surface area contributed by atoms with Crippen molar-refractivity contribution >= 4 is 23.9 Å². The Morgan fingerprint density at radius 3 is 2.61 bits per heavy atom. The maximum atomic E-state index is 11.7. The van der Waals surface area contributed by atoms with Crippen LogP contribution in [0.3, 0.4) is 0 Å². The van der Waals surface area contributed by atoms with Crippen LogP contribution in [-0.2, 0) is 9.53 Å². The van der Waals surface area contributed by atoms with Gasteiger partial charge in [0.2, 0.25) is 0 Å². The first-order chi connectivity index (χ1) is 8.69. The van der Waals surface area contributed by atoms with Crippen LogP contribution in [0.2, 0.25) is 0 Å². The predicted octanol–water partition coefficient (Wildman–Crippen LogP) is 3.26. The highest BCUT2D eigenvalue weighted by molar-refractivity contribution is 8.03. The number of allylic oxidation sites excluding steroid dienone is 1. The molecule has 0 aromatic heterocycles. The normalized spacial score (nSPS) is 12.4. The van der Waals surface area contributed by atoms with E-state index in [4.69, 9.17) is 4.74 Å². The summed E-state index contributed by atoms with van der Waals surface area (Å²) in [4.78, 5) is 16.5. The number of thioether (sulfide) groups is 1. The first kappa shape index (κ1) is 14.5. The number of ether oxygens (including phenoxy) is 1. The number of aliphatic imine (C=N–C) groups is 1. The maximum absolute atomic E-state index is 11.7. The van der Waals surface area contributed by atoms with Crippen molar-refractivity contribution in [2.24, 2.45) is 4.99 Å². The predicted molar refractivity (Wildman–Crippen MR) is 76.9 cm³/mol. The Bertz CT molecular complexity index is 452.